The van der Waals surface area contributed by atoms with E-state index in [2.05, 4.69) is 0 Å². The molecular weight excluding hydrogens is 407 g/mol. The van der Waals surface area contributed by atoms with E-state index in [1.165, 1.54) is 6.07 Å². The summed E-state index contributed by atoms with van der Waals surface area (Å²) in [4.78, 5) is 30.7. The highest BCUT2D eigenvalue weighted by molar-refractivity contribution is 6.06. The highest BCUT2D eigenvalue weighted by atomic mass is 19.1. The fourth-order valence-electron chi connectivity index (χ4n) is 4.56. The largest absolute Gasteiger partial charge is 0.450 e. The van der Waals surface area contributed by atoms with E-state index in [9.17, 15) is 14.0 Å². The Bertz CT molecular complexity index is 1410. The number of benzene rings is 3. The van der Waals surface area contributed by atoms with Crippen molar-refractivity contribution in [1.82, 2.24) is 9.80 Å². The second-order valence-electron chi connectivity index (χ2n) is 8.42. The number of carbonyl (C=O) groups excluding carboxylic acids is 1. The number of carbonyl (C=O) groups is 1. The molecule has 5 nitrogen and oxygen atoms in total. The van der Waals surface area contributed by atoms with Crippen molar-refractivity contribution in [2.24, 2.45) is 0 Å². The van der Waals surface area contributed by atoms with Gasteiger partial charge >= 0.3 is 0 Å². The van der Waals surface area contributed by atoms with Gasteiger partial charge in [-0.05, 0) is 44.6 Å². The molecule has 0 saturated carbocycles. The molecule has 0 N–H and O–H groups in total. The third-order valence-corrected chi connectivity index (χ3v) is 6.06. The van der Waals surface area contributed by atoms with E-state index in [4.69, 9.17) is 4.42 Å². The highest BCUT2D eigenvalue weighted by Crippen LogP contribution is 2.40. The zero-order valence-corrected chi connectivity index (χ0v) is 18.0. The van der Waals surface area contributed by atoms with Gasteiger partial charge in [-0.25, -0.2) is 4.39 Å². The van der Waals surface area contributed by atoms with Crippen LogP contribution in [-0.2, 0) is 0 Å². The molecule has 1 aliphatic rings. The van der Waals surface area contributed by atoms with Crippen molar-refractivity contribution in [1.29, 1.82) is 0 Å². The van der Waals surface area contributed by atoms with Crippen LogP contribution in [0.5, 0.6) is 0 Å². The van der Waals surface area contributed by atoms with Crippen LogP contribution in [0.2, 0.25) is 0 Å². The third-order valence-electron chi connectivity index (χ3n) is 6.06. The zero-order valence-electron chi connectivity index (χ0n) is 18.0. The van der Waals surface area contributed by atoms with Gasteiger partial charge < -0.3 is 14.2 Å². The van der Waals surface area contributed by atoms with E-state index in [1.807, 2.05) is 49.3 Å². The van der Waals surface area contributed by atoms with Gasteiger partial charge in [-0.3, -0.25) is 9.59 Å². The first-order chi connectivity index (χ1) is 15.5. The molecule has 5 rings (SSSR count). The summed E-state index contributed by atoms with van der Waals surface area (Å²) in [6.07, 6.45) is 0.689. The van der Waals surface area contributed by atoms with Crippen molar-refractivity contribution in [2.45, 2.75) is 12.5 Å². The molecule has 1 amide bonds. The SMILES string of the molecule is CN(C)CCCN1C(=O)c2oc3c(ccc4ccccc43)c(=O)c2[C@H]1c1ccccc1F. The molecule has 0 bridgehead atoms. The van der Waals surface area contributed by atoms with Crippen LogP contribution in [0.25, 0.3) is 21.7 Å². The molecular formula is C26H23FN2O3. The molecule has 6 heteroatoms. The monoisotopic (exact) mass is 430 g/mol. The van der Waals surface area contributed by atoms with Gasteiger partial charge in [0.25, 0.3) is 5.91 Å². The summed E-state index contributed by atoms with van der Waals surface area (Å²) in [6.45, 7) is 1.15. The smallest absolute Gasteiger partial charge is 0.290 e. The normalized spacial score (nSPS) is 15.8. The summed E-state index contributed by atoms with van der Waals surface area (Å²) >= 11 is 0. The standard InChI is InChI=1S/C26H23FN2O3/c1-28(2)14-7-15-29-22(18-10-5-6-11-20(18)27)21-23(30)19-13-12-16-8-3-4-9-17(16)24(19)32-25(21)26(29)31/h3-6,8-13,22H,7,14-15H2,1-2H3/t22-/m1/s1. The summed E-state index contributed by atoms with van der Waals surface area (Å²) in [6, 6.07) is 16.7. The van der Waals surface area contributed by atoms with E-state index in [0.29, 0.717) is 29.5 Å². The van der Waals surface area contributed by atoms with Gasteiger partial charge in [0, 0.05) is 17.5 Å². The Morgan fingerprint density at radius 2 is 1.72 bits per heavy atom. The van der Waals surface area contributed by atoms with Crippen LogP contribution < -0.4 is 5.43 Å². The number of fused-ring (bicyclic) bond motifs is 4. The average molecular weight is 430 g/mol. The van der Waals surface area contributed by atoms with Crippen LogP contribution in [0.3, 0.4) is 0 Å². The molecule has 0 aliphatic carbocycles. The molecule has 162 valence electrons. The number of hydrogen-bond donors (Lipinski definition) is 0. The molecule has 0 spiro atoms. The molecule has 1 aliphatic heterocycles. The van der Waals surface area contributed by atoms with Crippen molar-refractivity contribution in [3.05, 3.63) is 93.6 Å². The van der Waals surface area contributed by atoms with Gasteiger partial charge in [-0.1, -0.05) is 48.5 Å². The Kier molecular flexibility index (Phi) is 5.02. The van der Waals surface area contributed by atoms with Crippen molar-refractivity contribution < 1.29 is 13.6 Å². The van der Waals surface area contributed by atoms with E-state index in [-0.39, 0.29) is 22.7 Å². The number of nitrogens with zero attached hydrogens (tertiary/aromatic N) is 2. The van der Waals surface area contributed by atoms with Gasteiger partial charge in [0.15, 0.2) is 5.43 Å². The van der Waals surface area contributed by atoms with Crippen molar-refractivity contribution in [2.75, 3.05) is 27.2 Å². The van der Waals surface area contributed by atoms with E-state index in [1.54, 1.807) is 29.2 Å². The van der Waals surface area contributed by atoms with Gasteiger partial charge in [0.1, 0.15) is 11.4 Å². The maximum absolute atomic E-state index is 14.9. The average Bonchev–Trinajstić information content (AvgIpc) is 3.06. The van der Waals surface area contributed by atoms with Gasteiger partial charge in [-0.2, -0.15) is 0 Å². The van der Waals surface area contributed by atoms with Crippen LogP contribution >= 0.6 is 0 Å². The summed E-state index contributed by atoms with van der Waals surface area (Å²) in [7, 11) is 3.91. The van der Waals surface area contributed by atoms with Crippen LogP contribution in [0.4, 0.5) is 4.39 Å². The van der Waals surface area contributed by atoms with Crippen LogP contribution in [0.15, 0.2) is 69.9 Å². The van der Waals surface area contributed by atoms with Crippen molar-refractivity contribution in [3.8, 4) is 0 Å². The predicted octanol–water partition coefficient (Wildman–Crippen LogP) is 4.58. The quantitative estimate of drug-likeness (QED) is 0.435. The second-order valence-corrected chi connectivity index (χ2v) is 8.42. The van der Waals surface area contributed by atoms with Crippen molar-refractivity contribution >= 4 is 27.6 Å². The molecule has 0 fully saturated rings. The minimum Gasteiger partial charge on any atom is -0.450 e. The molecule has 1 aromatic heterocycles. The Labute approximate surface area is 184 Å². The van der Waals surface area contributed by atoms with E-state index >= 15 is 0 Å². The Hall–Kier alpha value is -3.51. The lowest BCUT2D eigenvalue weighted by atomic mass is 9.97. The summed E-state index contributed by atoms with van der Waals surface area (Å²) < 4.78 is 21.0. The minimum absolute atomic E-state index is 0.0111. The fourth-order valence-corrected chi connectivity index (χ4v) is 4.56. The molecule has 0 unspecified atom stereocenters. The molecule has 0 saturated heterocycles. The van der Waals surface area contributed by atoms with Gasteiger partial charge in [0.2, 0.25) is 5.76 Å². The molecule has 1 atom stereocenters. The summed E-state index contributed by atoms with van der Waals surface area (Å²) in [5.41, 5.74) is 0.621. The minimum atomic E-state index is -0.812. The van der Waals surface area contributed by atoms with Crippen molar-refractivity contribution in [3.63, 3.8) is 0 Å². The Balaban J connectivity index is 1.75. The second kappa shape index (κ2) is 7.88. The Morgan fingerprint density at radius 1 is 0.969 bits per heavy atom. The summed E-state index contributed by atoms with van der Waals surface area (Å²) in [5.74, 6) is -0.815. The lowest BCUT2D eigenvalue weighted by molar-refractivity contribution is 0.0720. The molecule has 2 heterocycles. The first-order valence-electron chi connectivity index (χ1n) is 10.7. The molecule has 3 aromatic carbocycles. The fraction of sp³-hybridized carbons (Fsp3) is 0.231. The van der Waals surface area contributed by atoms with Gasteiger partial charge in [0.05, 0.1) is 17.0 Å². The maximum atomic E-state index is 14.9. The first kappa shape index (κ1) is 20.4. The lowest BCUT2D eigenvalue weighted by Crippen LogP contribution is -2.32. The van der Waals surface area contributed by atoms with Crippen LogP contribution in [0.1, 0.15) is 34.1 Å². The Morgan fingerprint density at radius 3 is 2.50 bits per heavy atom. The maximum Gasteiger partial charge on any atom is 0.290 e. The third kappa shape index (κ3) is 3.19. The van der Waals surface area contributed by atoms with Crippen LogP contribution in [-0.4, -0.2) is 42.9 Å². The number of hydrogen-bond acceptors (Lipinski definition) is 4. The number of halogens is 1. The number of rotatable bonds is 5. The first-order valence-corrected chi connectivity index (χ1v) is 10.7. The lowest BCUT2D eigenvalue weighted by Gasteiger charge is -2.26. The molecule has 4 aromatic rings. The molecule has 32 heavy (non-hydrogen) atoms. The molecule has 0 radical (unpaired) electrons. The topological polar surface area (TPSA) is 53.8 Å². The van der Waals surface area contributed by atoms with E-state index < -0.39 is 11.9 Å². The highest BCUT2D eigenvalue weighted by Gasteiger charge is 2.43. The van der Waals surface area contributed by atoms with E-state index in [0.717, 1.165) is 17.3 Å². The predicted molar refractivity (Wildman–Crippen MR) is 122 cm³/mol. The van der Waals surface area contributed by atoms with Crippen LogP contribution in [0, 0.1) is 5.82 Å². The number of amides is 1. The zero-order chi connectivity index (χ0) is 22.4. The summed E-state index contributed by atoms with van der Waals surface area (Å²) in [5, 5.41) is 2.08. The van der Waals surface area contributed by atoms with Gasteiger partial charge in [-0.15, -0.1) is 0 Å².